The minimum absolute atomic E-state index is 0.119. The molecule has 0 fully saturated rings. The minimum atomic E-state index is -1.04. The van der Waals surface area contributed by atoms with Gasteiger partial charge >= 0.3 is 11.9 Å². The molecule has 0 saturated carbocycles. The normalized spacial score (nSPS) is 10.6. The Hall–Kier alpha value is -3.15. The molecule has 1 N–H and O–H groups in total. The quantitative estimate of drug-likeness (QED) is 0.747. The zero-order valence-electron chi connectivity index (χ0n) is 11.6. The van der Waals surface area contributed by atoms with E-state index in [0.29, 0.717) is 22.2 Å². The number of aromatic carboxylic acids is 1. The van der Waals surface area contributed by atoms with Crippen molar-refractivity contribution in [2.24, 2.45) is 0 Å². The van der Waals surface area contributed by atoms with Gasteiger partial charge in [0.2, 0.25) is 5.89 Å². The van der Waals surface area contributed by atoms with Crippen molar-refractivity contribution in [1.82, 2.24) is 4.98 Å². The molecule has 0 radical (unpaired) electrons. The second-order valence-corrected chi connectivity index (χ2v) is 4.54. The number of aromatic nitrogens is 1. The van der Waals surface area contributed by atoms with Gasteiger partial charge in [0.1, 0.15) is 5.52 Å². The minimum Gasteiger partial charge on any atom is -0.478 e. The van der Waals surface area contributed by atoms with E-state index < -0.39 is 11.9 Å². The molecule has 0 aliphatic carbocycles. The van der Waals surface area contributed by atoms with E-state index in [4.69, 9.17) is 14.3 Å². The molecule has 1 heterocycles. The Kier molecular flexibility index (Phi) is 3.34. The summed E-state index contributed by atoms with van der Waals surface area (Å²) in [5.41, 5.74) is 1.79. The summed E-state index contributed by atoms with van der Waals surface area (Å²) in [7, 11) is 1.30. The molecule has 6 nitrogen and oxygen atoms in total. The summed E-state index contributed by atoms with van der Waals surface area (Å²) >= 11 is 0. The largest absolute Gasteiger partial charge is 0.478 e. The lowest BCUT2D eigenvalue weighted by Gasteiger charge is -2.03. The van der Waals surface area contributed by atoms with E-state index in [-0.39, 0.29) is 11.5 Å². The molecule has 22 heavy (non-hydrogen) atoms. The van der Waals surface area contributed by atoms with Crippen LogP contribution in [0.4, 0.5) is 0 Å². The third kappa shape index (κ3) is 2.31. The summed E-state index contributed by atoms with van der Waals surface area (Å²) in [6.07, 6.45) is 0. The third-order valence-electron chi connectivity index (χ3n) is 3.20. The van der Waals surface area contributed by atoms with Gasteiger partial charge in [-0.2, -0.15) is 0 Å². The van der Waals surface area contributed by atoms with Crippen LogP contribution in [-0.4, -0.2) is 29.1 Å². The molecule has 110 valence electrons. The highest BCUT2D eigenvalue weighted by atomic mass is 16.5. The standard InChI is InChI=1S/C16H11NO5/c1-21-16(20)11-5-3-2-4-10(11)14-17-12-8-9(15(18)19)6-7-13(12)22-14/h2-8H,1H3,(H,18,19). The molecule has 0 aliphatic heterocycles. The fourth-order valence-electron chi connectivity index (χ4n) is 2.13. The smallest absolute Gasteiger partial charge is 0.338 e. The number of carbonyl (C=O) groups is 2. The first kappa shape index (κ1) is 13.8. The molecule has 1 aromatic heterocycles. The number of fused-ring (bicyclic) bond motifs is 1. The summed E-state index contributed by atoms with van der Waals surface area (Å²) < 4.78 is 10.3. The maximum Gasteiger partial charge on any atom is 0.338 e. The predicted octanol–water partition coefficient (Wildman–Crippen LogP) is 2.98. The van der Waals surface area contributed by atoms with Gasteiger partial charge in [-0.15, -0.1) is 0 Å². The highest BCUT2D eigenvalue weighted by molar-refractivity contribution is 5.97. The van der Waals surface area contributed by atoms with Crippen LogP contribution in [0.1, 0.15) is 20.7 Å². The highest BCUT2D eigenvalue weighted by Crippen LogP contribution is 2.28. The number of carboxylic acids is 1. The van der Waals surface area contributed by atoms with Crippen molar-refractivity contribution in [2.45, 2.75) is 0 Å². The SMILES string of the molecule is COC(=O)c1ccccc1-c1nc2cc(C(=O)O)ccc2o1. The molecule has 0 bridgehead atoms. The second-order valence-electron chi connectivity index (χ2n) is 4.54. The van der Waals surface area contributed by atoms with Gasteiger partial charge in [-0.1, -0.05) is 12.1 Å². The van der Waals surface area contributed by atoms with E-state index in [2.05, 4.69) is 4.98 Å². The number of methoxy groups -OCH3 is 1. The van der Waals surface area contributed by atoms with Gasteiger partial charge in [-0.25, -0.2) is 14.6 Å². The molecule has 0 amide bonds. The molecular formula is C16H11NO5. The molecule has 0 saturated heterocycles. The van der Waals surface area contributed by atoms with Crippen molar-refractivity contribution in [1.29, 1.82) is 0 Å². The summed E-state index contributed by atoms with van der Waals surface area (Å²) in [6, 6.07) is 11.2. The molecule has 3 rings (SSSR count). The Bertz CT molecular complexity index is 881. The van der Waals surface area contributed by atoms with E-state index in [0.717, 1.165) is 0 Å². The fourth-order valence-corrected chi connectivity index (χ4v) is 2.13. The van der Waals surface area contributed by atoms with Crippen molar-refractivity contribution >= 4 is 23.0 Å². The van der Waals surface area contributed by atoms with Crippen LogP contribution >= 0.6 is 0 Å². The lowest BCUT2D eigenvalue weighted by atomic mass is 10.1. The molecular weight excluding hydrogens is 286 g/mol. The van der Waals surface area contributed by atoms with Gasteiger partial charge in [0.05, 0.1) is 23.8 Å². The lowest BCUT2D eigenvalue weighted by Crippen LogP contribution is -2.03. The average Bonchev–Trinajstić information content (AvgIpc) is 2.96. The molecule has 0 atom stereocenters. The van der Waals surface area contributed by atoms with E-state index >= 15 is 0 Å². The van der Waals surface area contributed by atoms with Crippen LogP contribution in [0.3, 0.4) is 0 Å². The maximum absolute atomic E-state index is 11.8. The number of hydrogen-bond donors (Lipinski definition) is 1. The van der Waals surface area contributed by atoms with E-state index in [1.165, 1.54) is 25.3 Å². The third-order valence-corrected chi connectivity index (χ3v) is 3.20. The van der Waals surface area contributed by atoms with Crippen molar-refractivity contribution in [3.63, 3.8) is 0 Å². The van der Waals surface area contributed by atoms with Crippen molar-refractivity contribution in [2.75, 3.05) is 7.11 Å². The first-order valence-electron chi connectivity index (χ1n) is 6.42. The van der Waals surface area contributed by atoms with Gasteiger partial charge in [0.15, 0.2) is 5.58 Å². The Morgan fingerprint density at radius 3 is 2.68 bits per heavy atom. The zero-order chi connectivity index (χ0) is 15.7. The van der Waals surface area contributed by atoms with E-state index in [9.17, 15) is 9.59 Å². The number of benzene rings is 2. The lowest BCUT2D eigenvalue weighted by molar-refractivity contribution is 0.0600. The number of hydrogen-bond acceptors (Lipinski definition) is 5. The number of oxazole rings is 1. The predicted molar refractivity (Wildman–Crippen MR) is 77.7 cm³/mol. The summed E-state index contributed by atoms with van der Waals surface area (Å²) in [4.78, 5) is 27.0. The second kappa shape index (κ2) is 5.33. The van der Waals surface area contributed by atoms with Crippen LogP contribution in [0.5, 0.6) is 0 Å². The summed E-state index contributed by atoms with van der Waals surface area (Å²) in [5.74, 6) is -1.30. The first-order chi connectivity index (χ1) is 10.6. The van der Waals surface area contributed by atoms with Crippen molar-refractivity contribution in [3.8, 4) is 11.5 Å². The van der Waals surface area contributed by atoms with Gasteiger partial charge in [0, 0.05) is 0 Å². The molecule has 2 aromatic carbocycles. The molecule has 3 aromatic rings. The number of nitrogens with zero attached hydrogens (tertiary/aromatic N) is 1. The summed E-state index contributed by atoms with van der Waals surface area (Å²) in [5, 5.41) is 9.00. The Balaban J connectivity index is 2.15. The first-order valence-corrected chi connectivity index (χ1v) is 6.42. The van der Waals surface area contributed by atoms with E-state index in [1.807, 2.05) is 0 Å². The van der Waals surface area contributed by atoms with Crippen LogP contribution in [0.25, 0.3) is 22.6 Å². The van der Waals surface area contributed by atoms with E-state index in [1.54, 1.807) is 24.3 Å². The number of carbonyl (C=O) groups excluding carboxylic acids is 1. The average molecular weight is 297 g/mol. The molecule has 0 unspecified atom stereocenters. The Morgan fingerprint density at radius 1 is 1.18 bits per heavy atom. The van der Waals surface area contributed by atoms with Gasteiger partial charge < -0.3 is 14.3 Å². The van der Waals surface area contributed by atoms with Crippen LogP contribution < -0.4 is 0 Å². The molecule has 6 heteroatoms. The number of rotatable bonds is 3. The number of ether oxygens (including phenoxy) is 1. The van der Waals surface area contributed by atoms with Crippen LogP contribution in [-0.2, 0) is 4.74 Å². The highest BCUT2D eigenvalue weighted by Gasteiger charge is 2.17. The zero-order valence-corrected chi connectivity index (χ0v) is 11.6. The fraction of sp³-hybridized carbons (Fsp3) is 0.0625. The molecule has 0 spiro atoms. The van der Waals surface area contributed by atoms with Crippen molar-refractivity contribution < 1.29 is 23.8 Å². The number of esters is 1. The van der Waals surface area contributed by atoms with Crippen LogP contribution in [0.15, 0.2) is 46.9 Å². The van der Waals surface area contributed by atoms with Crippen LogP contribution in [0, 0.1) is 0 Å². The molecule has 0 aliphatic rings. The topological polar surface area (TPSA) is 89.6 Å². The maximum atomic E-state index is 11.8. The monoisotopic (exact) mass is 297 g/mol. The van der Waals surface area contributed by atoms with Gasteiger partial charge in [0.25, 0.3) is 0 Å². The van der Waals surface area contributed by atoms with Crippen LogP contribution in [0.2, 0.25) is 0 Å². The van der Waals surface area contributed by atoms with Gasteiger partial charge in [-0.3, -0.25) is 0 Å². The van der Waals surface area contributed by atoms with Crippen molar-refractivity contribution in [3.05, 3.63) is 53.6 Å². The van der Waals surface area contributed by atoms with Gasteiger partial charge in [-0.05, 0) is 30.3 Å². The summed E-state index contributed by atoms with van der Waals surface area (Å²) in [6.45, 7) is 0. The number of carboxylic acid groups (broad SMARTS) is 1. The Morgan fingerprint density at radius 2 is 1.95 bits per heavy atom. The Labute approximate surface area is 125 Å².